The van der Waals surface area contributed by atoms with Crippen molar-refractivity contribution < 1.29 is 4.79 Å². The molecule has 1 N–H and O–H groups in total. The maximum absolute atomic E-state index is 12.5. The molecule has 3 rings (SSSR count). The number of carbonyl (C=O) groups is 1. The van der Waals surface area contributed by atoms with Crippen LogP contribution in [0.3, 0.4) is 0 Å². The molecule has 1 aromatic rings. The first kappa shape index (κ1) is 16.5. The molecule has 2 saturated heterocycles. The largest absolute Gasteiger partial charge is 0.342 e. The lowest BCUT2D eigenvalue weighted by Gasteiger charge is -2.38. The third-order valence-electron chi connectivity index (χ3n) is 5.80. The van der Waals surface area contributed by atoms with E-state index in [9.17, 15) is 4.79 Å². The van der Waals surface area contributed by atoms with Crippen LogP contribution in [0.1, 0.15) is 37.3 Å². The number of hydrogen-bond donors (Lipinski definition) is 1. The second-order valence-electron chi connectivity index (χ2n) is 7.50. The normalized spacial score (nSPS) is 21.0. The molecular formula is C20H30N2O. The van der Waals surface area contributed by atoms with Crippen molar-refractivity contribution in [2.24, 2.45) is 17.8 Å². The van der Waals surface area contributed by atoms with Gasteiger partial charge in [-0.15, -0.1) is 0 Å². The molecule has 0 radical (unpaired) electrons. The van der Waals surface area contributed by atoms with Gasteiger partial charge in [-0.2, -0.15) is 0 Å². The Balaban J connectivity index is 1.41. The van der Waals surface area contributed by atoms with E-state index in [1.165, 1.54) is 36.8 Å². The molecular weight excluding hydrogens is 284 g/mol. The van der Waals surface area contributed by atoms with Crippen LogP contribution in [0.25, 0.3) is 0 Å². The Kier molecular flexibility index (Phi) is 5.37. The quantitative estimate of drug-likeness (QED) is 0.906. The monoisotopic (exact) mass is 314 g/mol. The third-order valence-corrected chi connectivity index (χ3v) is 5.80. The number of nitrogens with one attached hydrogen (secondary N) is 1. The zero-order chi connectivity index (χ0) is 16.2. The Labute approximate surface area is 140 Å². The summed E-state index contributed by atoms with van der Waals surface area (Å²) in [6, 6.07) is 8.91. The van der Waals surface area contributed by atoms with Gasteiger partial charge in [-0.25, -0.2) is 0 Å². The van der Waals surface area contributed by atoms with Crippen molar-refractivity contribution in [3.63, 3.8) is 0 Å². The van der Waals surface area contributed by atoms with Gasteiger partial charge in [0.15, 0.2) is 0 Å². The van der Waals surface area contributed by atoms with Crippen LogP contribution in [-0.2, 0) is 11.2 Å². The zero-order valence-electron chi connectivity index (χ0n) is 14.6. The molecule has 0 bridgehead atoms. The Hall–Kier alpha value is -1.35. The van der Waals surface area contributed by atoms with Gasteiger partial charge in [0.25, 0.3) is 0 Å². The molecule has 1 aromatic carbocycles. The van der Waals surface area contributed by atoms with Crippen molar-refractivity contribution in [2.75, 3.05) is 26.2 Å². The standard InChI is InChI=1S/C20H30N2O/c1-15-3-5-17(6-4-15)7-8-18-9-11-22(12-10-18)20(23)16(2)19-13-21-14-19/h3-6,16,18-19,21H,7-14H2,1-2H3. The molecule has 1 unspecified atom stereocenters. The van der Waals surface area contributed by atoms with E-state index in [0.717, 1.165) is 32.1 Å². The maximum atomic E-state index is 12.5. The summed E-state index contributed by atoms with van der Waals surface area (Å²) in [7, 11) is 0. The molecule has 0 spiro atoms. The minimum absolute atomic E-state index is 0.195. The highest BCUT2D eigenvalue weighted by atomic mass is 16.2. The number of aryl methyl sites for hydroxylation is 2. The fourth-order valence-electron chi connectivity index (χ4n) is 3.72. The van der Waals surface area contributed by atoms with E-state index in [4.69, 9.17) is 0 Å². The fraction of sp³-hybridized carbons (Fsp3) is 0.650. The van der Waals surface area contributed by atoms with Gasteiger partial charge in [0.05, 0.1) is 0 Å². The van der Waals surface area contributed by atoms with Gasteiger partial charge in [-0.05, 0) is 63.1 Å². The summed E-state index contributed by atoms with van der Waals surface area (Å²) in [5.41, 5.74) is 2.77. The van der Waals surface area contributed by atoms with Crippen LogP contribution >= 0.6 is 0 Å². The molecule has 3 nitrogen and oxygen atoms in total. The lowest BCUT2D eigenvalue weighted by molar-refractivity contribution is -0.138. The molecule has 2 fully saturated rings. The Morgan fingerprint density at radius 1 is 1.22 bits per heavy atom. The first-order chi connectivity index (χ1) is 11.1. The highest BCUT2D eigenvalue weighted by Crippen LogP contribution is 2.25. The number of carbonyl (C=O) groups excluding carboxylic acids is 1. The highest BCUT2D eigenvalue weighted by Gasteiger charge is 2.33. The average Bonchev–Trinajstić information content (AvgIpc) is 2.52. The van der Waals surface area contributed by atoms with E-state index < -0.39 is 0 Å². The first-order valence-corrected chi connectivity index (χ1v) is 9.18. The molecule has 2 aliphatic rings. The molecule has 0 saturated carbocycles. The summed E-state index contributed by atoms with van der Waals surface area (Å²) in [5.74, 6) is 1.91. The molecule has 23 heavy (non-hydrogen) atoms. The van der Waals surface area contributed by atoms with Crippen molar-refractivity contribution >= 4 is 5.91 Å². The lowest BCUT2D eigenvalue weighted by Crippen LogP contribution is -2.51. The molecule has 126 valence electrons. The first-order valence-electron chi connectivity index (χ1n) is 9.18. The third kappa shape index (κ3) is 4.14. The Morgan fingerprint density at radius 3 is 2.43 bits per heavy atom. The summed E-state index contributed by atoms with van der Waals surface area (Å²) >= 11 is 0. The van der Waals surface area contributed by atoms with Crippen LogP contribution < -0.4 is 5.32 Å². The maximum Gasteiger partial charge on any atom is 0.225 e. The summed E-state index contributed by atoms with van der Waals surface area (Å²) < 4.78 is 0. The molecule has 2 aliphatic heterocycles. The molecule has 1 amide bonds. The second-order valence-corrected chi connectivity index (χ2v) is 7.50. The van der Waals surface area contributed by atoms with E-state index in [1.807, 2.05) is 0 Å². The summed E-state index contributed by atoms with van der Waals surface area (Å²) in [6.07, 6.45) is 4.77. The van der Waals surface area contributed by atoms with Crippen molar-refractivity contribution in [3.05, 3.63) is 35.4 Å². The predicted molar refractivity (Wildman–Crippen MR) is 94.3 cm³/mol. The van der Waals surface area contributed by atoms with Gasteiger partial charge in [-0.1, -0.05) is 36.8 Å². The van der Waals surface area contributed by atoms with Crippen molar-refractivity contribution in [2.45, 2.75) is 39.5 Å². The zero-order valence-corrected chi connectivity index (χ0v) is 14.6. The number of nitrogens with zero attached hydrogens (tertiary/aromatic N) is 1. The van der Waals surface area contributed by atoms with Crippen LogP contribution in [0.5, 0.6) is 0 Å². The van der Waals surface area contributed by atoms with Crippen LogP contribution in [0.15, 0.2) is 24.3 Å². The second kappa shape index (κ2) is 7.48. The number of piperidine rings is 1. The minimum atomic E-state index is 0.195. The lowest BCUT2D eigenvalue weighted by atomic mass is 9.86. The van der Waals surface area contributed by atoms with E-state index in [1.54, 1.807) is 0 Å². The predicted octanol–water partition coefficient (Wildman–Crippen LogP) is 3.02. The fourth-order valence-corrected chi connectivity index (χ4v) is 3.72. The summed E-state index contributed by atoms with van der Waals surface area (Å²) in [6.45, 7) is 8.19. The molecule has 2 heterocycles. The highest BCUT2D eigenvalue weighted by molar-refractivity contribution is 5.79. The van der Waals surface area contributed by atoms with Gasteiger partial charge >= 0.3 is 0 Å². The van der Waals surface area contributed by atoms with E-state index in [0.29, 0.717) is 11.8 Å². The summed E-state index contributed by atoms with van der Waals surface area (Å²) in [4.78, 5) is 14.7. The Morgan fingerprint density at radius 2 is 1.87 bits per heavy atom. The van der Waals surface area contributed by atoms with Crippen LogP contribution in [0.2, 0.25) is 0 Å². The summed E-state index contributed by atoms with van der Waals surface area (Å²) in [5, 5.41) is 3.27. The van der Waals surface area contributed by atoms with Gasteiger partial charge < -0.3 is 10.2 Å². The van der Waals surface area contributed by atoms with Crippen molar-refractivity contribution in [1.82, 2.24) is 10.2 Å². The molecule has 1 atom stereocenters. The molecule has 0 aliphatic carbocycles. The minimum Gasteiger partial charge on any atom is -0.342 e. The number of benzene rings is 1. The molecule has 3 heteroatoms. The Bertz CT molecular complexity index is 513. The smallest absolute Gasteiger partial charge is 0.225 e. The van der Waals surface area contributed by atoms with Gasteiger partial charge in [0.2, 0.25) is 5.91 Å². The number of hydrogen-bond acceptors (Lipinski definition) is 2. The van der Waals surface area contributed by atoms with E-state index in [-0.39, 0.29) is 5.92 Å². The molecule has 0 aromatic heterocycles. The number of likely N-dealkylation sites (tertiary alicyclic amines) is 1. The van der Waals surface area contributed by atoms with Crippen molar-refractivity contribution in [3.8, 4) is 0 Å². The number of amides is 1. The van der Waals surface area contributed by atoms with Gasteiger partial charge in [0.1, 0.15) is 0 Å². The van der Waals surface area contributed by atoms with E-state index >= 15 is 0 Å². The average molecular weight is 314 g/mol. The SMILES string of the molecule is Cc1ccc(CCC2CCN(C(=O)C(C)C3CNC3)CC2)cc1. The van der Waals surface area contributed by atoms with Gasteiger partial charge in [0, 0.05) is 19.0 Å². The van der Waals surface area contributed by atoms with Gasteiger partial charge in [-0.3, -0.25) is 4.79 Å². The van der Waals surface area contributed by atoms with Crippen molar-refractivity contribution in [1.29, 1.82) is 0 Å². The van der Waals surface area contributed by atoms with Crippen LogP contribution in [0.4, 0.5) is 0 Å². The topological polar surface area (TPSA) is 32.3 Å². The number of rotatable bonds is 5. The van der Waals surface area contributed by atoms with Crippen LogP contribution in [0, 0.1) is 24.7 Å². The van der Waals surface area contributed by atoms with Crippen LogP contribution in [-0.4, -0.2) is 37.0 Å². The van der Waals surface area contributed by atoms with E-state index in [2.05, 4.69) is 48.3 Å².